The van der Waals surface area contributed by atoms with Crippen molar-refractivity contribution in [2.75, 3.05) is 26.3 Å². The first-order chi connectivity index (χ1) is 13.8. The van der Waals surface area contributed by atoms with E-state index in [9.17, 15) is 4.79 Å². The minimum Gasteiger partial charge on any atom is -0.379 e. The number of aromatic nitrogens is 3. The Bertz CT molecular complexity index is 892. The first kappa shape index (κ1) is 18.3. The second-order valence-electron chi connectivity index (χ2n) is 6.63. The molecule has 0 spiro atoms. The molecule has 1 aliphatic rings. The number of carbonyl (C=O) groups is 1. The number of amides is 1. The number of morpholine rings is 1. The maximum Gasteiger partial charge on any atom is 0.242 e. The maximum absolute atomic E-state index is 13.2. The summed E-state index contributed by atoms with van der Waals surface area (Å²) < 4.78 is 7.26. The number of pyridine rings is 1. The number of ether oxygens (including phenoxy) is 1. The van der Waals surface area contributed by atoms with Crippen molar-refractivity contribution in [3.8, 4) is 5.69 Å². The summed E-state index contributed by atoms with van der Waals surface area (Å²) in [6.45, 7) is 3.13. The van der Waals surface area contributed by atoms with Gasteiger partial charge in [0, 0.05) is 44.4 Å². The summed E-state index contributed by atoms with van der Waals surface area (Å²) in [5.74, 6) is -0.0369. The molecule has 7 nitrogen and oxygen atoms in total. The van der Waals surface area contributed by atoms with E-state index in [4.69, 9.17) is 4.74 Å². The topological polar surface area (TPSA) is 72.3 Å². The normalized spacial score (nSPS) is 15.9. The lowest BCUT2D eigenvalue weighted by Gasteiger charge is -2.33. The standard InChI is InChI=1S/C21H23N5O2/c27-21(20(18-6-3-8-22-15-18)25-11-13-28-14-12-25)23-16-17-5-1-2-7-19(17)26-10-4-9-24-26/h1-10,15,20H,11-14,16H2,(H,23,27)/t20-/m0/s1. The second kappa shape index (κ2) is 8.77. The van der Waals surface area contributed by atoms with E-state index in [0.29, 0.717) is 19.8 Å². The molecule has 1 atom stereocenters. The Kier molecular flexibility index (Phi) is 5.75. The number of hydrogen-bond acceptors (Lipinski definition) is 5. The zero-order valence-electron chi connectivity index (χ0n) is 15.6. The Morgan fingerprint density at radius 1 is 1.11 bits per heavy atom. The smallest absolute Gasteiger partial charge is 0.242 e. The van der Waals surface area contributed by atoms with Crippen LogP contribution in [-0.2, 0) is 16.1 Å². The fourth-order valence-corrected chi connectivity index (χ4v) is 3.48. The molecule has 1 fully saturated rings. The number of carbonyl (C=O) groups excluding carboxylic acids is 1. The molecule has 0 bridgehead atoms. The lowest BCUT2D eigenvalue weighted by Crippen LogP contribution is -2.45. The third-order valence-corrected chi connectivity index (χ3v) is 4.86. The molecular weight excluding hydrogens is 354 g/mol. The minimum atomic E-state index is -0.380. The van der Waals surface area contributed by atoms with Gasteiger partial charge in [-0.1, -0.05) is 24.3 Å². The molecule has 1 N–H and O–H groups in total. The van der Waals surface area contributed by atoms with E-state index in [-0.39, 0.29) is 11.9 Å². The molecular formula is C21H23N5O2. The van der Waals surface area contributed by atoms with Crippen molar-refractivity contribution >= 4 is 5.91 Å². The third-order valence-electron chi connectivity index (χ3n) is 4.86. The first-order valence-electron chi connectivity index (χ1n) is 9.40. The maximum atomic E-state index is 13.2. The first-order valence-corrected chi connectivity index (χ1v) is 9.40. The van der Waals surface area contributed by atoms with Gasteiger partial charge in [-0.15, -0.1) is 0 Å². The molecule has 3 aromatic rings. The summed E-state index contributed by atoms with van der Waals surface area (Å²) in [6, 6.07) is 13.2. The van der Waals surface area contributed by atoms with Crippen molar-refractivity contribution in [3.63, 3.8) is 0 Å². The second-order valence-corrected chi connectivity index (χ2v) is 6.63. The van der Waals surface area contributed by atoms with Crippen molar-refractivity contribution < 1.29 is 9.53 Å². The van der Waals surface area contributed by atoms with E-state index in [2.05, 4.69) is 20.3 Å². The molecule has 2 aromatic heterocycles. The highest BCUT2D eigenvalue weighted by Gasteiger charge is 2.29. The van der Waals surface area contributed by atoms with Crippen molar-refractivity contribution in [1.82, 2.24) is 25.0 Å². The number of benzene rings is 1. The molecule has 1 saturated heterocycles. The minimum absolute atomic E-state index is 0.0369. The number of nitrogens with one attached hydrogen (secondary N) is 1. The summed E-state index contributed by atoms with van der Waals surface area (Å²) in [5, 5.41) is 7.41. The van der Waals surface area contributed by atoms with Crippen LogP contribution in [0.4, 0.5) is 0 Å². The Balaban J connectivity index is 1.53. The van der Waals surface area contributed by atoms with E-state index < -0.39 is 0 Å². The molecule has 4 rings (SSSR count). The van der Waals surface area contributed by atoms with Crippen LogP contribution in [0.25, 0.3) is 5.69 Å². The Hall–Kier alpha value is -3.03. The highest BCUT2D eigenvalue weighted by Crippen LogP contribution is 2.22. The largest absolute Gasteiger partial charge is 0.379 e. The zero-order chi connectivity index (χ0) is 19.2. The molecule has 7 heteroatoms. The lowest BCUT2D eigenvalue weighted by molar-refractivity contribution is -0.128. The van der Waals surface area contributed by atoms with Gasteiger partial charge in [-0.3, -0.25) is 14.7 Å². The van der Waals surface area contributed by atoms with Crippen LogP contribution < -0.4 is 5.32 Å². The van der Waals surface area contributed by atoms with Gasteiger partial charge in [0.1, 0.15) is 6.04 Å². The summed E-state index contributed by atoms with van der Waals surface area (Å²) in [7, 11) is 0. The van der Waals surface area contributed by atoms with Gasteiger partial charge in [-0.05, 0) is 29.3 Å². The quantitative estimate of drug-likeness (QED) is 0.711. The molecule has 0 saturated carbocycles. The SMILES string of the molecule is O=C(NCc1ccccc1-n1cccn1)[C@H](c1cccnc1)N1CCOCC1. The van der Waals surface area contributed by atoms with Crippen LogP contribution >= 0.6 is 0 Å². The number of hydrogen-bond donors (Lipinski definition) is 1. The monoisotopic (exact) mass is 377 g/mol. The molecule has 0 unspecified atom stereocenters. The highest BCUT2D eigenvalue weighted by atomic mass is 16.5. The average molecular weight is 377 g/mol. The van der Waals surface area contributed by atoms with Crippen LogP contribution in [0.5, 0.6) is 0 Å². The highest BCUT2D eigenvalue weighted by molar-refractivity contribution is 5.83. The van der Waals surface area contributed by atoms with Crippen LogP contribution in [-0.4, -0.2) is 51.9 Å². The van der Waals surface area contributed by atoms with E-state index in [1.54, 1.807) is 18.6 Å². The summed E-state index contributed by atoms with van der Waals surface area (Å²) in [4.78, 5) is 19.5. The van der Waals surface area contributed by atoms with Crippen LogP contribution in [0.15, 0.2) is 67.3 Å². The van der Waals surface area contributed by atoms with Crippen molar-refractivity contribution in [1.29, 1.82) is 0 Å². The average Bonchev–Trinajstić information content (AvgIpc) is 3.29. The molecule has 0 aliphatic carbocycles. The zero-order valence-corrected chi connectivity index (χ0v) is 15.6. The lowest BCUT2D eigenvalue weighted by atomic mass is 10.1. The van der Waals surface area contributed by atoms with Crippen LogP contribution in [0.3, 0.4) is 0 Å². The third kappa shape index (κ3) is 4.11. The molecule has 144 valence electrons. The predicted molar refractivity (Wildman–Crippen MR) is 105 cm³/mol. The van der Waals surface area contributed by atoms with Gasteiger partial charge < -0.3 is 10.1 Å². The van der Waals surface area contributed by atoms with E-state index in [0.717, 1.165) is 29.9 Å². The van der Waals surface area contributed by atoms with Crippen LogP contribution in [0.2, 0.25) is 0 Å². The predicted octanol–water partition coefficient (Wildman–Crippen LogP) is 1.96. The molecule has 1 aromatic carbocycles. The van der Waals surface area contributed by atoms with E-state index in [1.165, 1.54) is 0 Å². The van der Waals surface area contributed by atoms with Gasteiger partial charge >= 0.3 is 0 Å². The Labute approximate surface area is 164 Å². The van der Waals surface area contributed by atoms with Gasteiger partial charge in [0.15, 0.2) is 0 Å². The van der Waals surface area contributed by atoms with Gasteiger partial charge in [0.25, 0.3) is 0 Å². The fraction of sp³-hybridized carbons (Fsp3) is 0.286. The van der Waals surface area contributed by atoms with E-state index >= 15 is 0 Å². The molecule has 3 heterocycles. The van der Waals surface area contributed by atoms with Crippen molar-refractivity contribution in [2.45, 2.75) is 12.6 Å². The van der Waals surface area contributed by atoms with Gasteiger partial charge in [0.05, 0.1) is 18.9 Å². The van der Waals surface area contributed by atoms with Crippen LogP contribution in [0, 0.1) is 0 Å². The van der Waals surface area contributed by atoms with E-state index in [1.807, 2.05) is 53.3 Å². The van der Waals surface area contributed by atoms with Gasteiger partial charge in [0.2, 0.25) is 5.91 Å². The van der Waals surface area contributed by atoms with Crippen LogP contribution in [0.1, 0.15) is 17.2 Å². The summed E-state index contributed by atoms with van der Waals surface area (Å²) >= 11 is 0. The Morgan fingerprint density at radius 2 is 1.96 bits per heavy atom. The summed E-state index contributed by atoms with van der Waals surface area (Å²) in [5.41, 5.74) is 2.85. The van der Waals surface area contributed by atoms with Crippen molar-refractivity contribution in [2.24, 2.45) is 0 Å². The Morgan fingerprint density at radius 3 is 2.71 bits per heavy atom. The fourth-order valence-electron chi connectivity index (χ4n) is 3.48. The van der Waals surface area contributed by atoms with Crippen molar-refractivity contribution in [3.05, 3.63) is 78.4 Å². The molecule has 1 amide bonds. The van der Waals surface area contributed by atoms with Gasteiger partial charge in [-0.25, -0.2) is 4.68 Å². The number of para-hydroxylation sites is 1. The number of nitrogens with zero attached hydrogens (tertiary/aromatic N) is 4. The molecule has 28 heavy (non-hydrogen) atoms. The van der Waals surface area contributed by atoms with Gasteiger partial charge in [-0.2, -0.15) is 5.10 Å². The molecule has 1 aliphatic heterocycles. The molecule has 0 radical (unpaired) electrons. The number of rotatable bonds is 6. The summed E-state index contributed by atoms with van der Waals surface area (Å²) in [6.07, 6.45) is 7.12.